The molecule has 0 aliphatic carbocycles. The molecule has 0 unspecified atom stereocenters. The summed E-state index contributed by atoms with van der Waals surface area (Å²) in [6.45, 7) is 5.76. The van der Waals surface area contributed by atoms with Crippen LogP contribution >= 0.6 is 0 Å². The van der Waals surface area contributed by atoms with Gasteiger partial charge in [-0.05, 0) is 13.1 Å². The van der Waals surface area contributed by atoms with Crippen molar-refractivity contribution in [2.45, 2.75) is 19.6 Å². The van der Waals surface area contributed by atoms with Crippen molar-refractivity contribution >= 4 is 17.4 Å². The second kappa shape index (κ2) is 4.49. The molecule has 0 radical (unpaired) electrons. The molecular weight excluding hydrogens is 192 g/mol. The van der Waals surface area contributed by atoms with E-state index in [9.17, 15) is 0 Å². The van der Waals surface area contributed by atoms with Crippen molar-refractivity contribution in [3.05, 3.63) is 0 Å². The van der Waals surface area contributed by atoms with E-state index in [2.05, 4.69) is 0 Å². The first-order valence-electron chi connectivity index (χ1n) is 3.75. The predicted molar refractivity (Wildman–Crippen MR) is 51.2 cm³/mol. The Labute approximate surface area is 76.4 Å². The molecule has 6 heteroatoms. The van der Waals surface area contributed by atoms with E-state index in [1.807, 2.05) is 19.6 Å². The molecule has 0 saturated carbocycles. The Morgan fingerprint density at radius 2 is 1.17 bits per heavy atom. The fraction of sp³-hybridized carbons (Fsp3) is 1.00. The van der Waals surface area contributed by atoms with E-state index in [0.717, 1.165) is 0 Å². The maximum atomic E-state index is 5.68. The first kappa shape index (κ1) is 12.3. The molecule has 0 saturated heterocycles. The summed E-state index contributed by atoms with van der Waals surface area (Å²) in [5, 5.41) is 0. The Balaban J connectivity index is 4.20. The summed E-state index contributed by atoms with van der Waals surface area (Å²) in [5.41, 5.74) is 0. The predicted octanol–water partition coefficient (Wildman–Crippen LogP) is 1.21. The molecule has 0 aromatic rings. The Hall–Kier alpha value is 0.274. The third-order valence-electron chi connectivity index (χ3n) is 1.66. The van der Waals surface area contributed by atoms with Gasteiger partial charge in [0.05, 0.1) is 0 Å². The summed E-state index contributed by atoms with van der Waals surface area (Å²) in [6, 6.07) is 0. The largest absolute Gasteiger partial charge is 0.488 e. The molecule has 0 spiro atoms. The van der Waals surface area contributed by atoms with Crippen molar-refractivity contribution in [3.8, 4) is 0 Å². The average Bonchev–Trinajstić information content (AvgIpc) is 2.04. The van der Waals surface area contributed by atoms with Crippen LogP contribution in [0, 0.1) is 0 Å². The molecule has 0 bridgehead atoms. The Morgan fingerprint density at radius 1 is 0.750 bits per heavy atom. The lowest BCUT2D eigenvalue weighted by atomic mass is 11.8. The third-order valence-corrected chi connectivity index (χ3v) is 7.58. The standard InChI is InChI=1S/C6H18O4Si2/c1-7-11(4,5)10-12(6,8-2)9-3/h1-6H3. The van der Waals surface area contributed by atoms with E-state index in [-0.39, 0.29) is 0 Å². The van der Waals surface area contributed by atoms with E-state index in [1.165, 1.54) is 0 Å². The Morgan fingerprint density at radius 3 is 1.42 bits per heavy atom. The van der Waals surface area contributed by atoms with Gasteiger partial charge in [-0.25, -0.2) is 0 Å². The summed E-state index contributed by atoms with van der Waals surface area (Å²) in [4.78, 5) is 0. The topological polar surface area (TPSA) is 36.9 Å². The van der Waals surface area contributed by atoms with E-state index in [0.29, 0.717) is 0 Å². The second-order valence-corrected chi connectivity index (χ2v) is 9.54. The molecule has 0 heterocycles. The van der Waals surface area contributed by atoms with Crippen LogP contribution in [0.3, 0.4) is 0 Å². The van der Waals surface area contributed by atoms with Crippen LogP contribution < -0.4 is 0 Å². The minimum absolute atomic E-state index is 1.59. The van der Waals surface area contributed by atoms with E-state index in [4.69, 9.17) is 17.4 Å². The molecule has 12 heavy (non-hydrogen) atoms. The van der Waals surface area contributed by atoms with Gasteiger partial charge in [0.2, 0.25) is 0 Å². The highest BCUT2D eigenvalue weighted by Crippen LogP contribution is 2.15. The van der Waals surface area contributed by atoms with Gasteiger partial charge in [-0.15, -0.1) is 0 Å². The van der Waals surface area contributed by atoms with E-state index in [1.54, 1.807) is 21.3 Å². The summed E-state index contributed by atoms with van der Waals surface area (Å²) in [7, 11) is 0.372. The maximum absolute atomic E-state index is 5.68. The van der Waals surface area contributed by atoms with Gasteiger partial charge in [-0.2, -0.15) is 0 Å². The molecule has 0 rings (SSSR count). The second-order valence-electron chi connectivity index (χ2n) is 2.98. The monoisotopic (exact) mass is 210 g/mol. The summed E-state index contributed by atoms with van der Waals surface area (Å²) >= 11 is 0. The molecule has 0 atom stereocenters. The van der Waals surface area contributed by atoms with Gasteiger partial charge in [0.1, 0.15) is 0 Å². The van der Waals surface area contributed by atoms with Crippen molar-refractivity contribution < 1.29 is 17.4 Å². The molecule has 0 aliphatic rings. The molecule has 0 aliphatic heterocycles. The van der Waals surface area contributed by atoms with Crippen molar-refractivity contribution in [2.24, 2.45) is 0 Å². The van der Waals surface area contributed by atoms with Gasteiger partial charge in [0, 0.05) is 27.9 Å². The summed E-state index contributed by atoms with van der Waals surface area (Å²) in [5.74, 6) is 0. The lowest BCUT2D eigenvalue weighted by Crippen LogP contribution is -2.50. The molecule has 0 amide bonds. The van der Waals surface area contributed by atoms with Gasteiger partial charge >= 0.3 is 17.4 Å². The lowest BCUT2D eigenvalue weighted by Gasteiger charge is -2.30. The van der Waals surface area contributed by atoms with Crippen LogP contribution in [0.5, 0.6) is 0 Å². The minimum atomic E-state index is -2.42. The zero-order valence-electron chi connectivity index (χ0n) is 8.63. The lowest BCUT2D eigenvalue weighted by molar-refractivity contribution is 0.145. The van der Waals surface area contributed by atoms with Crippen LogP contribution in [-0.4, -0.2) is 38.7 Å². The third kappa shape index (κ3) is 3.79. The zero-order valence-corrected chi connectivity index (χ0v) is 10.6. The first-order chi connectivity index (χ1) is 5.39. The fourth-order valence-corrected chi connectivity index (χ4v) is 5.39. The van der Waals surface area contributed by atoms with Gasteiger partial charge in [0.25, 0.3) is 0 Å². The van der Waals surface area contributed by atoms with Crippen LogP contribution in [-0.2, 0) is 17.4 Å². The van der Waals surface area contributed by atoms with Crippen LogP contribution in [0.1, 0.15) is 0 Å². The van der Waals surface area contributed by atoms with Crippen molar-refractivity contribution in [1.29, 1.82) is 0 Å². The SMILES string of the molecule is CO[Si](C)(C)O[Si](C)(OC)OC. The van der Waals surface area contributed by atoms with Crippen molar-refractivity contribution in [2.75, 3.05) is 21.3 Å². The Bertz CT molecular complexity index is 136. The molecular formula is C6H18O4Si2. The molecule has 0 N–H and O–H groups in total. The van der Waals surface area contributed by atoms with Gasteiger partial charge in [-0.3, -0.25) is 0 Å². The summed E-state index contributed by atoms with van der Waals surface area (Å²) in [6.07, 6.45) is 0. The van der Waals surface area contributed by atoms with Gasteiger partial charge in [0.15, 0.2) is 0 Å². The quantitative estimate of drug-likeness (QED) is 0.639. The molecule has 74 valence electrons. The van der Waals surface area contributed by atoms with Crippen LogP contribution in [0.2, 0.25) is 19.6 Å². The van der Waals surface area contributed by atoms with Crippen LogP contribution in [0.25, 0.3) is 0 Å². The van der Waals surface area contributed by atoms with E-state index < -0.39 is 17.4 Å². The van der Waals surface area contributed by atoms with Gasteiger partial charge in [-0.1, -0.05) is 0 Å². The van der Waals surface area contributed by atoms with Crippen molar-refractivity contribution in [1.82, 2.24) is 0 Å². The minimum Gasteiger partial charge on any atom is -0.398 e. The highest BCUT2D eigenvalue weighted by molar-refractivity contribution is 6.76. The fourth-order valence-electron chi connectivity index (χ4n) is 0.655. The maximum Gasteiger partial charge on any atom is 0.488 e. The van der Waals surface area contributed by atoms with Crippen LogP contribution in [0.15, 0.2) is 0 Å². The number of hydrogen-bond donors (Lipinski definition) is 0. The highest BCUT2D eigenvalue weighted by Gasteiger charge is 2.40. The zero-order chi connectivity index (χ0) is 9.83. The van der Waals surface area contributed by atoms with Crippen LogP contribution in [0.4, 0.5) is 0 Å². The first-order valence-corrected chi connectivity index (χ1v) is 8.79. The van der Waals surface area contributed by atoms with E-state index >= 15 is 0 Å². The number of hydrogen-bond acceptors (Lipinski definition) is 4. The molecule has 0 fully saturated rings. The average molecular weight is 210 g/mol. The molecule has 4 nitrogen and oxygen atoms in total. The number of rotatable bonds is 5. The Kier molecular flexibility index (Phi) is 4.60. The van der Waals surface area contributed by atoms with Crippen molar-refractivity contribution in [3.63, 3.8) is 0 Å². The molecule has 0 aromatic heterocycles. The highest BCUT2D eigenvalue weighted by atomic mass is 28.5. The summed E-state index contributed by atoms with van der Waals surface area (Å²) < 4.78 is 21.3. The smallest absolute Gasteiger partial charge is 0.398 e. The normalized spacial score (nSPS) is 13.5. The van der Waals surface area contributed by atoms with Gasteiger partial charge < -0.3 is 17.4 Å². The molecule has 0 aromatic carbocycles.